The van der Waals surface area contributed by atoms with Gasteiger partial charge in [-0.15, -0.1) is 0 Å². The minimum absolute atomic E-state index is 0.0249. The molecule has 1 fully saturated rings. The SMILES string of the molecule is [O-][NH+]1CCc2c([nH]c3ccccc23)C1C1=CC2(O)CCC=CCCCCN3CCC1C1(CCC=CCCCCNC21)C3. The lowest BCUT2D eigenvalue weighted by Gasteiger charge is -2.61. The van der Waals surface area contributed by atoms with Crippen LogP contribution in [0.1, 0.15) is 87.9 Å². The molecule has 0 amide bonds. The van der Waals surface area contributed by atoms with Gasteiger partial charge >= 0.3 is 0 Å². The Balaban J connectivity index is 1.40. The van der Waals surface area contributed by atoms with Crippen molar-refractivity contribution in [3.63, 3.8) is 0 Å². The Bertz CT molecular complexity index is 1350. The monoisotopic (exact) mass is 570 g/mol. The first kappa shape index (κ1) is 28.5. The highest BCUT2D eigenvalue weighted by Gasteiger charge is 2.60. The van der Waals surface area contributed by atoms with Crippen molar-refractivity contribution in [3.8, 4) is 0 Å². The van der Waals surface area contributed by atoms with E-state index in [4.69, 9.17) is 0 Å². The summed E-state index contributed by atoms with van der Waals surface area (Å²) in [5.74, 6) is 0.271. The van der Waals surface area contributed by atoms with E-state index < -0.39 is 5.60 Å². The lowest BCUT2D eigenvalue weighted by Crippen LogP contribution is -3.09. The van der Waals surface area contributed by atoms with E-state index in [1.165, 1.54) is 35.8 Å². The van der Waals surface area contributed by atoms with E-state index >= 15 is 0 Å². The molecule has 7 unspecified atom stereocenters. The third-order valence-corrected chi connectivity index (χ3v) is 11.3. The number of benzene rings is 1. The molecule has 4 N–H and O–H groups in total. The van der Waals surface area contributed by atoms with Crippen molar-refractivity contribution in [1.29, 1.82) is 0 Å². The zero-order valence-corrected chi connectivity index (χ0v) is 25.3. The quantitative estimate of drug-likeness (QED) is 0.283. The van der Waals surface area contributed by atoms with Crippen molar-refractivity contribution in [2.45, 2.75) is 94.7 Å². The van der Waals surface area contributed by atoms with E-state index in [0.29, 0.717) is 18.0 Å². The molecule has 7 atom stereocenters. The summed E-state index contributed by atoms with van der Waals surface area (Å²) in [6, 6.07) is 8.22. The lowest BCUT2D eigenvalue weighted by atomic mass is 9.52. The standard InChI is InChI=1S/C36H50N4O2/c41-36-20-12-6-2-4-8-14-22-39-23-18-30(35(26-39)19-11-5-1-3-7-13-21-37-34(35)36)29(25-36)33-32-28(17-24-40(33)42)27-15-9-10-16-31(27)38-32/h1-2,5-6,9-10,15-16,25,30,33-34,37-38,40-41H,3-4,7-8,11-14,17-24,26H2. The fraction of sp³-hybridized carbons (Fsp3) is 0.611. The van der Waals surface area contributed by atoms with Gasteiger partial charge in [0.15, 0.2) is 6.04 Å². The number of hydroxylamine groups is 2. The van der Waals surface area contributed by atoms with Gasteiger partial charge in [0.05, 0.1) is 17.8 Å². The molecule has 1 saturated heterocycles. The van der Waals surface area contributed by atoms with Gasteiger partial charge in [-0.05, 0) is 119 Å². The number of aromatic amines is 1. The number of rotatable bonds is 1. The number of allylic oxidation sites excluding steroid dienone is 4. The molecule has 0 saturated carbocycles. The maximum atomic E-state index is 14.1. The van der Waals surface area contributed by atoms with Crippen molar-refractivity contribution in [2.75, 3.05) is 32.7 Å². The predicted octanol–water partition coefficient (Wildman–Crippen LogP) is 5.13. The van der Waals surface area contributed by atoms with Crippen LogP contribution >= 0.6 is 0 Å². The molecule has 0 radical (unpaired) electrons. The van der Waals surface area contributed by atoms with Gasteiger partial charge in [0.1, 0.15) is 0 Å². The zero-order chi connectivity index (χ0) is 28.6. The summed E-state index contributed by atoms with van der Waals surface area (Å²) >= 11 is 0. The second-order valence-electron chi connectivity index (χ2n) is 13.8. The van der Waals surface area contributed by atoms with Crippen LogP contribution in [0.4, 0.5) is 0 Å². The van der Waals surface area contributed by atoms with Gasteiger partial charge in [-0.2, -0.15) is 0 Å². The average Bonchev–Trinajstić information content (AvgIpc) is 3.34. The predicted molar refractivity (Wildman–Crippen MR) is 170 cm³/mol. The molecule has 3 bridgehead atoms. The van der Waals surface area contributed by atoms with Crippen LogP contribution in [0.5, 0.6) is 0 Å². The summed E-state index contributed by atoms with van der Waals surface area (Å²) in [5.41, 5.74) is 3.61. The minimum Gasteiger partial charge on any atom is -0.634 e. The number of aliphatic hydroxyl groups is 1. The molecule has 1 aromatic heterocycles. The normalized spacial score (nSPS) is 37.9. The van der Waals surface area contributed by atoms with Crippen LogP contribution in [-0.2, 0) is 6.42 Å². The zero-order valence-electron chi connectivity index (χ0n) is 25.3. The molecular weight excluding hydrogens is 520 g/mol. The van der Waals surface area contributed by atoms with Crippen LogP contribution in [0.15, 0.2) is 60.2 Å². The highest BCUT2D eigenvalue weighted by molar-refractivity contribution is 5.85. The first-order valence-electron chi connectivity index (χ1n) is 16.9. The Morgan fingerprint density at radius 1 is 0.929 bits per heavy atom. The number of nitrogens with zero attached hydrogens (tertiary/aromatic N) is 1. The molecule has 5 heterocycles. The van der Waals surface area contributed by atoms with E-state index in [9.17, 15) is 10.3 Å². The van der Waals surface area contributed by atoms with Gasteiger partial charge in [0, 0.05) is 35.3 Å². The van der Waals surface area contributed by atoms with Crippen molar-refractivity contribution < 1.29 is 10.2 Å². The van der Waals surface area contributed by atoms with Crippen molar-refractivity contribution in [3.05, 3.63) is 76.7 Å². The van der Waals surface area contributed by atoms with Crippen LogP contribution < -0.4 is 10.4 Å². The molecule has 6 nitrogen and oxygen atoms in total. The molecule has 42 heavy (non-hydrogen) atoms. The van der Waals surface area contributed by atoms with Gasteiger partial charge in [-0.1, -0.05) is 42.5 Å². The number of piperidine rings is 1. The molecule has 5 aliphatic rings. The van der Waals surface area contributed by atoms with Crippen LogP contribution in [0.3, 0.4) is 0 Å². The van der Waals surface area contributed by atoms with Gasteiger partial charge in [0.2, 0.25) is 0 Å². The molecule has 1 aliphatic carbocycles. The summed E-state index contributed by atoms with van der Waals surface area (Å²) in [6.45, 7) is 4.70. The summed E-state index contributed by atoms with van der Waals surface area (Å²) in [7, 11) is 0. The van der Waals surface area contributed by atoms with E-state index in [0.717, 1.165) is 88.8 Å². The van der Waals surface area contributed by atoms with E-state index in [-0.39, 0.29) is 23.4 Å². The molecule has 4 aliphatic heterocycles. The van der Waals surface area contributed by atoms with Gasteiger partial charge in [-0.3, -0.25) is 0 Å². The van der Waals surface area contributed by atoms with E-state index in [1.807, 2.05) is 0 Å². The molecule has 226 valence electrons. The third kappa shape index (κ3) is 5.13. The summed E-state index contributed by atoms with van der Waals surface area (Å²) in [5, 5.41) is 32.6. The molecule has 2 aromatic rings. The Kier molecular flexibility index (Phi) is 8.19. The number of quaternary nitrogens is 1. The number of H-pyrrole nitrogens is 1. The fourth-order valence-corrected chi connectivity index (χ4v) is 9.45. The molecule has 7 rings (SSSR count). The summed E-state index contributed by atoms with van der Waals surface area (Å²) in [4.78, 5) is 6.44. The van der Waals surface area contributed by atoms with Crippen molar-refractivity contribution >= 4 is 10.9 Å². The summed E-state index contributed by atoms with van der Waals surface area (Å²) in [6.07, 6.45) is 24.1. The van der Waals surface area contributed by atoms with Crippen LogP contribution in [0, 0.1) is 16.5 Å². The van der Waals surface area contributed by atoms with E-state index in [2.05, 4.69) is 69.8 Å². The molecule has 1 spiro atoms. The first-order chi connectivity index (χ1) is 20.6. The summed E-state index contributed by atoms with van der Waals surface area (Å²) < 4.78 is 0. The topological polar surface area (TPSA) is 78.8 Å². The van der Waals surface area contributed by atoms with E-state index in [1.54, 1.807) is 0 Å². The average molecular weight is 571 g/mol. The minimum atomic E-state index is -1.01. The molecular formula is C36H50N4O2. The highest BCUT2D eigenvalue weighted by Crippen LogP contribution is 2.56. The Morgan fingerprint density at radius 2 is 1.71 bits per heavy atom. The number of fused-ring (bicyclic) bond motifs is 4. The van der Waals surface area contributed by atoms with Crippen molar-refractivity contribution in [1.82, 2.24) is 15.2 Å². The van der Waals surface area contributed by atoms with Gasteiger partial charge in [0.25, 0.3) is 0 Å². The maximum absolute atomic E-state index is 14.1. The first-order valence-corrected chi connectivity index (χ1v) is 16.9. The van der Waals surface area contributed by atoms with Crippen LogP contribution in [0.2, 0.25) is 0 Å². The lowest BCUT2D eigenvalue weighted by molar-refractivity contribution is -0.879. The second-order valence-corrected chi connectivity index (χ2v) is 13.8. The number of nitrogens with one attached hydrogen (secondary N) is 3. The second kappa shape index (κ2) is 12.0. The number of aromatic nitrogens is 1. The Labute approximate surface area is 251 Å². The Hall–Kier alpha value is -2.22. The number of hydrogen-bond acceptors (Lipinski definition) is 4. The third-order valence-electron chi connectivity index (χ3n) is 11.3. The Morgan fingerprint density at radius 3 is 2.60 bits per heavy atom. The fourth-order valence-electron chi connectivity index (χ4n) is 9.45. The maximum Gasteiger partial charge on any atom is 0.150 e. The highest BCUT2D eigenvalue weighted by atomic mass is 16.5. The van der Waals surface area contributed by atoms with Gasteiger partial charge < -0.3 is 30.6 Å². The number of hydrogen-bond donors (Lipinski definition) is 4. The largest absolute Gasteiger partial charge is 0.634 e. The van der Waals surface area contributed by atoms with Crippen LogP contribution in [0.25, 0.3) is 10.9 Å². The molecule has 6 heteroatoms. The number of para-hydroxylation sites is 1. The van der Waals surface area contributed by atoms with Crippen LogP contribution in [-0.4, -0.2) is 59.4 Å². The molecule has 1 aromatic carbocycles. The smallest absolute Gasteiger partial charge is 0.150 e. The van der Waals surface area contributed by atoms with Crippen molar-refractivity contribution in [2.24, 2.45) is 11.3 Å². The van der Waals surface area contributed by atoms with Gasteiger partial charge in [-0.25, -0.2) is 0 Å².